The summed E-state index contributed by atoms with van der Waals surface area (Å²) in [6.07, 6.45) is 6.31. The molecule has 1 heterocycles. The fourth-order valence-corrected chi connectivity index (χ4v) is 2.52. The molecule has 3 heteroatoms. The molecule has 0 radical (unpaired) electrons. The van der Waals surface area contributed by atoms with Crippen LogP contribution in [-0.2, 0) is 6.54 Å². The normalized spacial score (nSPS) is 14.2. The van der Waals surface area contributed by atoms with E-state index < -0.39 is 0 Å². The van der Waals surface area contributed by atoms with Crippen LogP contribution in [0.4, 0.5) is 0 Å². The third-order valence-electron chi connectivity index (χ3n) is 3.80. The van der Waals surface area contributed by atoms with Crippen LogP contribution in [-0.4, -0.2) is 17.6 Å². The molecule has 1 aliphatic rings. The maximum Gasteiger partial charge on any atom is 0.138 e. The van der Waals surface area contributed by atoms with E-state index in [-0.39, 0.29) is 0 Å². The molecule has 0 amide bonds. The minimum absolute atomic E-state index is 0.663. The Labute approximate surface area is 126 Å². The van der Waals surface area contributed by atoms with Gasteiger partial charge in [0.1, 0.15) is 5.75 Å². The Morgan fingerprint density at radius 3 is 2.81 bits per heavy atom. The number of benzene rings is 1. The Bertz CT molecular complexity index is 620. The van der Waals surface area contributed by atoms with E-state index in [4.69, 9.17) is 4.74 Å². The molecule has 1 N–H and O–H groups in total. The number of aromatic nitrogens is 1. The van der Waals surface area contributed by atoms with Crippen LogP contribution in [0, 0.1) is 6.92 Å². The number of nitrogens with one attached hydrogen (secondary N) is 1. The largest absolute Gasteiger partial charge is 0.492 e. The zero-order valence-electron chi connectivity index (χ0n) is 12.7. The van der Waals surface area contributed by atoms with Crippen LogP contribution in [0.3, 0.4) is 0 Å². The van der Waals surface area contributed by atoms with Gasteiger partial charge in [0.15, 0.2) is 0 Å². The number of rotatable bonds is 6. The highest BCUT2D eigenvalue weighted by atomic mass is 16.5. The Kier molecular flexibility index (Phi) is 4.20. The molecular formula is C18H22N2O. The monoisotopic (exact) mass is 282 g/mol. The van der Waals surface area contributed by atoms with Gasteiger partial charge in [0.2, 0.25) is 0 Å². The van der Waals surface area contributed by atoms with Crippen LogP contribution < -0.4 is 10.1 Å². The van der Waals surface area contributed by atoms with Crippen LogP contribution >= 0.6 is 0 Å². The van der Waals surface area contributed by atoms with Crippen LogP contribution in [0.1, 0.15) is 30.9 Å². The van der Waals surface area contributed by atoms with Gasteiger partial charge in [-0.3, -0.25) is 4.98 Å². The number of ether oxygens (including phenoxy) is 1. The summed E-state index contributed by atoms with van der Waals surface area (Å²) in [5.41, 5.74) is 4.96. The molecule has 0 spiro atoms. The van der Waals surface area contributed by atoms with Crippen molar-refractivity contribution in [1.82, 2.24) is 10.3 Å². The molecule has 3 rings (SSSR count). The van der Waals surface area contributed by atoms with E-state index in [1.54, 1.807) is 6.20 Å². The lowest BCUT2D eigenvalue weighted by atomic mass is 9.99. The van der Waals surface area contributed by atoms with Gasteiger partial charge in [-0.05, 0) is 49.4 Å². The van der Waals surface area contributed by atoms with E-state index in [0.717, 1.165) is 23.9 Å². The second-order valence-electron chi connectivity index (χ2n) is 5.65. The lowest BCUT2D eigenvalue weighted by Crippen LogP contribution is -2.15. The maximum atomic E-state index is 5.53. The standard InChI is InChI=1S/C18H22N2O/c1-3-21-17-9-15(11-19-12-17)18-7-4-14(8-13(18)2)10-20-16-5-6-16/h4,7-9,11-12,16,20H,3,5-6,10H2,1-2H3. The average molecular weight is 282 g/mol. The molecule has 1 aliphatic carbocycles. The fourth-order valence-electron chi connectivity index (χ4n) is 2.52. The van der Waals surface area contributed by atoms with Crippen molar-refractivity contribution in [2.24, 2.45) is 0 Å². The number of nitrogens with zero attached hydrogens (tertiary/aromatic N) is 1. The molecule has 3 nitrogen and oxygen atoms in total. The minimum atomic E-state index is 0.663. The van der Waals surface area contributed by atoms with E-state index >= 15 is 0 Å². The predicted octanol–water partition coefficient (Wildman–Crippen LogP) is 3.71. The second-order valence-corrected chi connectivity index (χ2v) is 5.65. The molecule has 1 aromatic heterocycles. The highest BCUT2D eigenvalue weighted by molar-refractivity contribution is 5.67. The van der Waals surface area contributed by atoms with Gasteiger partial charge in [-0.1, -0.05) is 18.2 Å². The van der Waals surface area contributed by atoms with E-state index in [9.17, 15) is 0 Å². The van der Waals surface area contributed by atoms with Gasteiger partial charge in [0, 0.05) is 24.3 Å². The summed E-state index contributed by atoms with van der Waals surface area (Å²) in [6.45, 7) is 5.77. The first-order valence-corrected chi connectivity index (χ1v) is 7.67. The summed E-state index contributed by atoms with van der Waals surface area (Å²) < 4.78 is 5.53. The molecule has 0 unspecified atom stereocenters. The van der Waals surface area contributed by atoms with Crippen LogP contribution in [0.5, 0.6) is 5.75 Å². The molecular weight excluding hydrogens is 260 g/mol. The topological polar surface area (TPSA) is 34.1 Å². The van der Waals surface area contributed by atoms with Crippen molar-refractivity contribution in [3.8, 4) is 16.9 Å². The average Bonchev–Trinajstić information content (AvgIpc) is 3.30. The summed E-state index contributed by atoms with van der Waals surface area (Å²) in [6, 6.07) is 9.45. The Hall–Kier alpha value is -1.87. The van der Waals surface area contributed by atoms with Gasteiger partial charge in [-0.25, -0.2) is 0 Å². The molecule has 2 aromatic rings. The van der Waals surface area contributed by atoms with Crippen molar-refractivity contribution in [3.63, 3.8) is 0 Å². The van der Waals surface area contributed by atoms with Gasteiger partial charge in [-0.2, -0.15) is 0 Å². The summed E-state index contributed by atoms with van der Waals surface area (Å²) in [5.74, 6) is 0.828. The van der Waals surface area contributed by atoms with Gasteiger partial charge in [0.25, 0.3) is 0 Å². The predicted molar refractivity (Wildman–Crippen MR) is 85.4 cm³/mol. The highest BCUT2D eigenvalue weighted by Gasteiger charge is 2.19. The number of hydrogen-bond acceptors (Lipinski definition) is 3. The van der Waals surface area contributed by atoms with Crippen molar-refractivity contribution in [3.05, 3.63) is 47.8 Å². The van der Waals surface area contributed by atoms with Crippen LogP contribution in [0.15, 0.2) is 36.7 Å². The first kappa shape index (κ1) is 14.1. The summed E-state index contributed by atoms with van der Waals surface area (Å²) in [7, 11) is 0. The third-order valence-corrected chi connectivity index (χ3v) is 3.80. The van der Waals surface area contributed by atoms with E-state index in [2.05, 4.69) is 41.5 Å². The van der Waals surface area contributed by atoms with E-state index in [1.807, 2.05) is 13.1 Å². The lowest BCUT2D eigenvalue weighted by molar-refractivity contribution is 0.339. The molecule has 0 bridgehead atoms. The Balaban J connectivity index is 1.79. The van der Waals surface area contributed by atoms with Crippen molar-refractivity contribution in [1.29, 1.82) is 0 Å². The lowest BCUT2D eigenvalue weighted by Gasteiger charge is -2.10. The molecule has 1 fully saturated rings. The number of aryl methyl sites for hydroxylation is 1. The summed E-state index contributed by atoms with van der Waals surface area (Å²) in [5, 5.41) is 3.55. The zero-order valence-corrected chi connectivity index (χ0v) is 12.7. The van der Waals surface area contributed by atoms with Crippen molar-refractivity contribution >= 4 is 0 Å². The molecule has 1 aromatic carbocycles. The van der Waals surface area contributed by atoms with Crippen LogP contribution in [0.2, 0.25) is 0 Å². The Morgan fingerprint density at radius 1 is 1.24 bits per heavy atom. The highest BCUT2D eigenvalue weighted by Crippen LogP contribution is 2.27. The van der Waals surface area contributed by atoms with Crippen LogP contribution in [0.25, 0.3) is 11.1 Å². The second kappa shape index (κ2) is 6.27. The van der Waals surface area contributed by atoms with Gasteiger partial charge >= 0.3 is 0 Å². The Morgan fingerprint density at radius 2 is 2.10 bits per heavy atom. The smallest absolute Gasteiger partial charge is 0.138 e. The molecule has 21 heavy (non-hydrogen) atoms. The van der Waals surface area contributed by atoms with E-state index in [0.29, 0.717) is 6.61 Å². The van der Waals surface area contributed by atoms with Gasteiger partial charge < -0.3 is 10.1 Å². The van der Waals surface area contributed by atoms with Crippen molar-refractivity contribution in [2.45, 2.75) is 39.3 Å². The zero-order chi connectivity index (χ0) is 14.7. The summed E-state index contributed by atoms with van der Waals surface area (Å²) in [4.78, 5) is 4.27. The molecule has 110 valence electrons. The van der Waals surface area contributed by atoms with Crippen molar-refractivity contribution in [2.75, 3.05) is 6.61 Å². The third kappa shape index (κ3) is 3.61. The molecule has 0 saturated heterocycles. The quantitative estimate of drug-likeness (QED) is 0.877. The van der Waals surface area contributed by atoms with Crippen molar-refractivity contribution < 1.29 is 4.74 Å². The molecule has 1 saturated carbocycles. The van der Waals surface area contributed by atoms with Gasteiger partial charge in [0.05, 0.1) is 12.8 Å². The molecule has 0 atom stereocenters. The number of hydrogen-bond donors (Lipinski definition) is 1. The first-order chi connectivity index (χ1) is 10.3. The maximum absolute atomic E-state index is 5.53. The molecule has 0 aliphatic heterocycles. The van der Waals surface area contributed by atoms with Gasteiger partial charge in [-0.15, -0.1) is 0 Å². The SMILES string of the molecule is CCOc1cncc(-c2ccc(CNC3CC3)cc2C)c1. The van der Waals surface area contributed by atoms with E-state index in [1.165, 1.54) is 29.5 Å². The first-order valence-electron chi connectivity index (χ1n) is 7.67. The minimum Gasteiger partial charge on any atom is -0.492 e. The summed E-state index contributed by atoms with van der Waals surface area (Å²) >= 11 is 0. The fraction of sp³-hybridized carbons (Fsp3) is 0.389. The number of pyridine rings is 1.